The maximum atomic E-state index is 13.4. The van der Waals surface area contributed by atoms with Gasteiger partial charge in [-0.2, -0.15) is 0 Å². The van der Waals surface area contributed by atoms with Crippen molar-refractivity contribution in [3.05, 3.63) is 59.9 Å². The van der Waals surface area contributed by atoms with Gasteiger partial charge in [-0.05, 0) is 49.6 Å². The van der Waals surface area contributed by atoms with Crippen molar-refractivity contribution >= 4 is 22.9 Å². The van der Waals surface area contributed by atoms with E-state index in [1.165, 1.54) is 12.1 Å². The quantitative estimate of drug-likeness (QED) is 0.710. The van der Waals surface area contributed by atoms with Crippen molar-refractivity contribution < 1.29 is 9.18 Å². The summed E-state index contributed by atoms with van der Waals surface area (Å²) < 4.78 is 15.7. The fraction of sp³-hybridized carbons (Fsp3) is 0.364. The van der Waals surface area contributed by atoms with Crippen LogP contribution in [0.1, 0.15) is 42.6 Å². The number of fused-ring (bicyclic) bond motifs is 1. The van der Waals surface area contributed by atoms with Gasteiger partial charge in [0.25, 0.3) is 5.91 Å². The second-order valence-corrected chi connectivity index (χ2v) is 7.25. The third-order valence-electron chi connectivity index (χ3n) is 5.32. The van der Waals surface area contributed by atoms with Gasteiger partial charge in [-0.3, -0.25) is 4.79 Å². The predicted octanol–water partition coefficient (Wildman–Crippen LogP) is 4.47. The van der Waals surface area contributed by atoms with Crippen LogP contribution in [-0.4, -0.2) is 40.0 Å². The lowest BCUT2D eigenvalue weighted by Crippen LogP contribution is -2.39. The number of nitrogens with zero attached hydrogens (tertiary/aromatic N) is 3. The standard InChI is InChI=1S/C22H25FN4O/c1-2-12-24-22-25-19-8-3-4-9-20(19)27(22)18-10-13-26(14-11-18)21(28)16-6-5-7-17(23)15-16/h3-9,15,18H,2,10-14H2,1H3,(H,24,25). The van der Waals surface area contributed by atoms with E-state index in [4.69, 9.17) is 4.98 Å². The SMILES string of the molecule is CCCNc1nc2ccccc2n1C1CCN(C(=O)c2cccc(F)c2)CC1. The molecule has 5 nitrogen and oxygen atoms in total. The van der Waals surface area contributed by atoms with E-state index in [0.717, 1.165) is 42.8 Å². The summed E-state index contributed by atoms with van der Waals surface area (Å²) in [6.45, 7) is 4.32. The predicted molar refractivity (Wildman–Crippen MR) is 109 cm³/mol. The molecule has 2 aromatic carbocycles. The number of piperidine rings is 1. The number of imidazole rings is 1. The second-order valence-electron chi connectivity index (χ2n) is 7.25. The molecule has 1 fully saturated rings. The average Bonchev–Trinajstić information content (AvgIpc) is 3.10. The van der Waals surface area contributed by atoms with Gasteiger partial charge >= 0.3 is 0 Å². The Morgan fingerprint density at radius 3 is 2.71 bits per heavy atom. The minimum atomic E-state index is -0.378. The molecular weight excluding hydrogens is 355 g/mol. The number of hydrogen-bond acceptors (Lipinski definition) is 3. The number of benzene rings is 2. The molecule has 4 rings (SSSR count). The molecule has 0 spiro atoms. The van der Waals surface area contributed by atoms with Gasteiger partial charge in [0, 0.05) is 31.2 Å². The molecule has 0 bridgehead atoms. The number of likely N-dealkylation sites (tertiary alicyclic amines) is 1. The van der Waals surface area contributed by atoms with Gasteiger partial charge in [0.1, 0.15) is 5.82 Å². The molecule has 0 radical (unpaired) electrons. The van der Waals surface area contributed by atoms with Gasteiger partial charge in [-0.25, -0.2) is 9.37 Å². The Hall–Kier alpha value is -2.89. The monoisotopic (exact) mass is 380 g/mol. The fourth-order valence-corrected chi connectivity index (χ4v) is 3.91. The van der Waals surface area contributed by atoms with E-state index in [0.29, 0.717) is 18.7 Å². The summed E-state index contributed by atoms with van der Waals surface area (Å²) in [5.74, 6) is 0.424. The van der Waals surface area contributed by atoms with Crippen LogP contribution in [0.2, 0.25) is 0 Å². The molecule has 2 heterocycles. The third-order valence-corrected chi connectivity index (χ3v) is 5.32. The first-order valence-corrected chi connectivity index (χ1v) is 9.93. The van der Waals surface area contributed by atoms with Crippen molar-refractivity contribution in [1.29, 1.82) is 0 Å². The number of halogens is 1. The minimum Gasteiger partial charge on any atom is -0.356 e. The number of anilines is 1. The van der Waals surface area contributed by atoms with Crippen LogP contribution in [0.15, 0.2) is 48.5 Å². The summed E-state index contributed by atoms with van der Waals surface area (Å²) in [5, 5.41) is 3.45. The van der Waals surface area contributed by atoms with E-state index in [-0.39, 0.29) is 17.8 Å². The van der Waals surface area contributed by atoms with Crippen LogP contribution in [0, 0.1) is 5.82 Å². The highest BCUT2D eigenvalue weighted by Crippen LogP contribution is 2.31. The Bertz CT molecular complexity index is 976. The summed E-state index contributed by atoms with van der Waals surface area (Å²) in [5.41, 5.74) is 2.52. The third kappa shape index (κ3) is 3.59. The van der Waals surface area contributed by atoms with Crippen LogP contribution < -0.4 is 5.32 Å². The molecule has 0 aliphatic carbocycles. The molecule has 1 aliphatic rings. The molecule has 3 aromatic rings. The number of amides is 1. The van der Waals surface area contributed by atoms with E-state index in [9.17, 15) is 9.18 Å². The molecule has 1 aromatic heterocycles. The van der Waals surface area contributed by atoms with Crippen molar-refractivity contribution in [3.63, 3.8) is 0 Å². The van der Waals surface area contributed by atoms with Crippen LogP contribution in [0.3, 0.4) is 0 Å². The highest BCUT2D eigenvalue weighted by atomic mass is 19.1. The van der Waals surface area contributed by atoms with Crippen LogP contribution in [-0.2, 0) is 0 Å². The first kappa shape index (κ1) is 18.5. The first-order valence-electron chi connectivity index (χ1n) is 9.93. The summed E-state index contributed by atoms with van der Waals surface area (Å²) in [7, 11) is 0. The molecule has 1 aliphatic heterocycles. The van der Waals surface area contributed by atoms with Gasteiger partial charge in [-0.15, -0.1) is 0 Å². The van der Waals surface area contributed by atoms with E-state index < -0.39 is 0 Å². The topological polar surface area (TPSA) is 50.2 Å². The zero-order valence-electron chi connectivity index (χ0n) is 16.1. The number of hydrogen-bond donors (Lipinski definition) is 1. The van der Waals surface area contributed by atoms with Gasteiger partial charge in [0.2, 0.25) is 5.95 Å². The molecule has 1 N–H and O–H groups in total. The summed E-state index contributed by atoms with van der Waals surface area (Å²) in [6, 6.07) is 14.4. The van der Waals surface area contributed by atoms with Crippen molar-refractivity contribution in [1.82, 2.24) is 14.5 Å². The Morgan fingerprint density at radius 1 is 1.18 bits per heavy atom. The largest absolute Gasteiger partial charge is 0.356 e. The van der Waals surface area contributed by atoms with E-state index in [2.05, 4.69) is 22.9 Å². The average molecular weight is 380 g/mol. The highest BCUT2D eigenvalue weighted by molar-refractivity contribution is 5.94. The molecule has 6 heteroatoms. The number of aromatic nitrogens is 2. The smallest absolute Gasteiger partial charge is 0.253 e. The minimum absolute atomic E-state index is 0.0993. The summed E-state index contributed by atoms with van der Waals surface area (Å²) in [4.78, 5) is 19.3. The summed E-state index contributed by atoms with van der Waals surface area (Å²) >= 11 is 0. The molecular formula is C22H25FN4O. The normalized spacial score (nSPS) is 15.1. The summed E-state index contributed by atoms with van der Waals surface area (Å²) in [6.07, 6.45) is 2.73. The van der Waals surface area contributed by atoms with Crippen LogP contribution in [0.4, 0.5) is 10.3 Å². The highest BCUT2D eigenvalue weighted by Gasteiger charge is 2.27. The molecule has 0 unspecified atom stereocenters. The number of carbonyl (C=O) groups excluding carboxylic acids is 1. The van der Waals surface area contributed by atoms with Gasteiger partial charge in [0.05, 0.1) is 11.0 Å². The van der Waals surface area contributed by atoms with Crippen molar-refractivity contribution in [2.24, 2.45) is 0 Å². The molecule has 28 heavy (non-hydrogen) atoms. The number of carbonyl (C=O) groups is 1. The Balaban J connectivity index is 1.53. The van der Waals surface area contributed by atoms with Crippen molar-refractivity contribution in [3.8, 4) is 0 Å². The van der Waals surface area contributed by atoms with Crippen LogP contribution in [0.5, 0.6) is 0 Å². The Morgan fingerprint density at radius 2 is 1.96 bits per heavy atom. The molecule has 0 saturated carbocycles. The van der Waals surface area contributed by atoms with E-state index >= 15 is 0 Å². The molecule has 0 atom stereocenters. The van der Waals surface area contributed by atoms with E-state index in [1.54, 1.807) is 12.1 Å². The van der Waals surface area contributed by atoms with E-state index in [1.807, 2.05) is 23.1 Å². The number of nitrogens with one attached hydrogen (secondary N) is 1. The maximum Gasteiger partial charge on any atom is 0.253 e. The maximum absolute atomic E-state index is 13.4. The molecule has 146 valence electrons. The van der Waals surface area contributed by atoms with Crippen molar-refractivity contribution in [2.45, 2.75) is 32.2 Å². The zero-order chi connectivity index (χ0) is 19.5. The van der Waals surface area contributed by atoms with Crippen LogP contribution in [0.25, 0.3) is 11.0 Å². The Labute approximate surface area is 164 Å². The fourth-order valence-electron chi connectivity index (χ4n) is 3.91. The Kier molecular flexibility index (Phi) is 5.28. The lowest BCUT2D eigenvalue weighted by atomic mass is 10.0. The lowest BCUT2D eigenvalue weighted by Gasteiger charge is -2.33. The first-order chi connectivity index (χ1) is 13.7. The molecule has 1 amide bonds. The zero-order valence-corrected chi connectivity index (χ0v) is 16.1. The van der Waals surface area contributed by atoms with Gasteiger partial charge in [0.15, 0.2) is 0 Å². The second kappa shape index (κ2) is 8.00. The molecule has 1 saturated heterocycles. The number of rotatable bonds is 5. The van der Waals surface area contributed by atoms with Gasteiger partial charge < -0.3 is 14.8 Å². The van der Waals surface area contributed by atoms with Gasteiger partial charge in [-0.1, -0.05) is 25.1 Å². The van der Waals surface area contributed by atoms with Crippen LogP contribution >= 0.6 is 0 Å². The van der Waals surface area contributed by atoms with Crippen molar-refractivity contribution in [2.75, 3.05) is 25.0 Å². The lowest BCUT2D eigenvalue weighted by molar-refractivity contribution is 0.0696. The number of para-hydroxylation sites is 2.